The van der Waals surface area contributed by atoms with Gasteiger partial charge in [-0.3, -0.25) is 4.79 Å². The molecule has 0 aliphatic heterocycles. The maximum absolute atomic E-state index is 13.4. The molecule has 0 saturated carbocycles. The molecular formula is C11H6BrFN2O. The van der Waals surface area contributed by atoms with E-state index in [0.717, 1.165) is 0 Å². The summed E-state index contributed by atoms with van der Waals surface area (Å²) in [6.07, 6.45) is 2.88. The molecule has 0 fully saturated rings. The molecule has 3 nitrogen and oxygen atoms in total. The smallest absolute Gasteiger partial charge is 0.233 e. The highest BCUT2D eigenvalue weighted by atomic mass is 79.9. The van der Waals surface area contributed by atoms with Crippen LogP contribution in [0.4, 0.5) is 4.39 Å². The van der Waals surface area contributed by atoms with Crippen LogP contribution in [0.5, 0.6) is 0 Å². The van der Waals surface area contributed by atoms with Gasteiger partial charge in [-0.2, -0.15) is 0 Å². The zero-order chi connectivity index (χ0) is 11.5. The summed E-state index contributed by atoms with van der Waals surface area (Å²) in [7, 11) is 0. The average molecular weight is 281 g/mol. The van der Waals surface area contributed by atoms with E-state index in [0.29, 0.717) is 4.47 Å². The Balaban J connectivity index is 2.46. The number of halogens is 2. The average Bonchev–Trinajstić information content (AvgIpc) is 2.32. The molecule has 0 N–H and O–H groups in total. The van der Waals surface area contributed by atoms with E-state index in [4.69, 9.17) is 0 Å². The van der Waals surface area contributed by atoms with Crippen molar-refractivity contribution in [3.05, 3.63) is 58.3 Å². The number of aromatic nitrogens is 2. The van der Waals surface area contributed by atoms with Crippen molar-refractivity contribution in [2.24, 2.45) is 0 Å². The van der Waals surface area contributed by atoms with Gasteiger partial charge < -0.3 is 0 Å². The van der Waals surface area contributed by atoms with Crippen molar-refractivity contribution in [1.82, 2.24) is 9.97 Å². The summed E-state index contributed by atoms with van der Waals surface area (Å²) in [5, 5.41) is 0. The van der Waals surface area contributed by atoms with Crippen molar-refractivity contribution >= 4 is 21.7 Å². The van der Waals surface area contributed by atoms with Crippen molar-refractivity contribution in [3.63, 3.8) is 0 Å². The molecule has 16 heavy (non-hydrogen) atoms. The van der Waals surface area contributed by atoms with Crippen LogP contribution in [0.2, 0.25) is 0 Å². The van der Waals surface area contributed by atoms with Gasteiger partial charge in [0.2, 0.25) is 11.6 Å². The van der Waals surface area contributed by atoms with Gasteiger partial charge in [0, 0.05) is 16.9 Å². The molecule has 0 aliphatic rings. The quantitative estimate of drug-likeness (QED) is 0.795. The van der Waals surface area contributed by atoms with E-state index in [-0.39, 0.29) is 11.4 Å². The summed E-state index contributed by atoms with van der Waals surface area (Å²) < 4.78 is 14.0. The minimum absolute atomic E-state index is 0.0144. The molecule has 5 heteroatoms. The minimum atomic E-state index is -0.583. The van der Waals surface area contributed by atoms with Gasteiger partial charge in [0.15, 0.2) is 0 Å². The third-order valence-electron chi connectivity index (χ3n) is 1.94. The fraction of sp³-hybridized carbons (Fsp3) is 0. The standard InChI is InChI=1S/C11H6BrFN2O/c12-7-2-3-9(13)8(6-7)10(16)11-14-4-1-5-15-11/h1-6H. The maximum Gasteiger partial charge on any atom is 0.233 e. The summed E-state index contributed by atoms with van der Waals surface area (Å²) in [4.78, 5) is 19.4. The summed E-state index contributed by atoms with van der Waals surface area (Å²) in [6.45, 7) is 0. The number of ketones is 1. The molecule has 80 valence electrons. The Hall–Kier alpha value is -1.62. The van der Waals surface area contributed by atoms with E-state index in [2.05, 4.69) is 25.9 Å². The lowest BCUT2D eigenvalue weighted by molar-refractivity contribution is 0.102. The van der Waals surface area contributed by atoms with Crippen LogP contribution in [0.25, 0.3) is 0 Å². The molecular weight excluding hydrogens is 275 g/mol. The number of hydrogen-bond acceptors (Lipinski definition) is 3. The summed E-state index contributed by atoms with van der Waals surface area (Å²) >= 11 is 3.18. The van der Waals surface area contributed by atoms with E-state index >= 15 is 0 Å². The number of nitrogens with zero attached hydrogens (tertiary/aromatic N) is 2. The first-order valence-electron chi connectivity index (χ1n) is 4.45. The first kappa shape index (κ1) is 10.9. The Morgan fingerprint density at radius 3 is 2.62 bits per heavy atom. The lowest BCUT2D eigenvalue weighted by Crippen LogP contribution is -2.08. The number of carbonyl (C=O) groups is 1. The molecule has 1 heterocycles. The Labute approximate surface area is 99.5 Å². The predicted octanol–water partition coefficient (Wildman–Crippen LogP) is 2.61. The van der Waals surface area contributed by atoms with Crippen molar-refractivity contribution in [2.75, 3.05) is 0 Å². The number of hydrogen-bond donors (Lipinski definition) is 0. The zero-order valence-electron chi connectivity index (χ0n) is 8.02. The molecule has 0 spiro atoms. The largest absolute Gasteiger partial charge is 0.285 e. The molecule has 2 aromatic rings. The zero-order valence-corrected chi connectivity index (χ0v) is 9.61. The van der Waals surface area contributed by atoms with E-state index in [9.17, 15) is 9.18 Å². The van der Waals surface area contributed by atoms with Gasteiger partial charge in [-0.05, 0) is 24.3 Å². The molecule has 2 rings (SSSR count). The second-order valence-electron chi connectivity index (χ2n) is 3.03. The lowest BCUT2D eigenvalue weighted by Gasteiger charge is -2.01. The van der Waals surface area contributed by atoms with E-state index < -0.39 is 11.6 Å². The highest BCUT2D eigenvalue weighted by Crippen LogP contribution is 2.17. The van der Waals surface area contributed by atoms with Crippen LogP contribution >= 0.6 is 15.9 Å². The number of carbonyl (C=O) groups excluding carboxylic acids is 1. The van der Waals surface area contributed by atoms with Crippen LogP contribution < -0.4 is 0 Å². The van der Waals surface area contributed by atoms with Crippen molar-refractivity contribution in [3.8, 4) is 0 Å². The highest BCUT2D eigenvalue weighted by molar-refractivity contribution is 9.10. The number of rotatable bonds is 2. The summed E-state index contributed by atoms with van der Waals surface area (Å²) in [5.41, 5.74) is -0.0411. The predicted molar refractivity (Wildman–Crippen MR) is 59.6 cm³/mol. The first-order valence-corrected chi connectivity index (χ1v) is 5.24. The molecule has 0 saturated heterocycles. The monoisotopic (exact) mass is 280 g/mol. The third-order valence-corrected chi connectivity index (χ3v) is 2.44. The molecule has 0 atom stereocenters. The maximum atomic E-state index is 13.4. The second kappa shape index (κ2) is 4.49. The van der Waals surface area contributed by atoms with Crippen molar-refractivity contribution in [2.45, 2.75) is 0 Å². The third kappa shape index (κ3) is 2.14. The Bertz CT molecular complexity index is 531. The molecule has 0 amide bonds. The van der Waals surface area contributed by atoms with Gasteiger partial charge in [-0.15, -0.1) is 0 Å². The van der Waals surface area contributed by atoms with Gasteiger partial charge in [0.25, 0.3) is 0 Å². The summed E-state index contributed by atoms with van der Waals surface area (Å²) in [5.74, 6) is -1.13. The topological polar surface area (TPSA) is 42.9 Å². The highest BCUT2D eigenvalue weighted by Gasteiger charge is 2.16. The van der Waals surface area contributed by atoms with Gasteiger partial charge in [-0.25, -0.2) is 14.4 Å². The summed E-state index contributed by atoms with van der Waals surface area (Å²) in [6, 6.07) is 5.75. The van der Waals surface area contributed by atoms with Crippen molar-refractivity contribution in [1.29, 1.82) is 0 Å². The molecule has 1 aromatic carbocycles. The van der Waals surface area contributed by atoms with E-state index in [1.54, 1.807) is 6.07 Å². The second-order valence-corrected chi connectivity index (χ2v) is 3.94. The lowest BCUT2D eigenvalue weighted by atomic mass is 10.1. The van der Waals surface area contributed by atoms with Gasteiger partial charge in [0.1, 0.15) is 5.82 Å². The fourth-order valence-electron chi connectivity index (χ4n) is 1.21. The SMILES string of the molecule is O=C(c1ncccn1)c1cc(Br)ccc1F. The Morgan fingerprint density at radius 2 is 1.94 bits per heavy atom. The fourth-order valence-corrected chi connectivity index (χ4v) is 1.57. The molecule has 1 aromatic heterocycles. The van der Waals surface area contributed by atoms with Gasteiger partial charge >= 0.3 is 0 Å². The van der Waals surface area contributed by atoms with Crippen LogP contribution in [-0.4, -0.2) is 15.8 Å². The van der Waals surface area contributed by atoms with Gasteiger partial charge in [-0.1, -0.05) is 15.9 Å². The number of benzene rings is 1. The molecule has 0 aliphatic carbocycles. The Kier molecular flexibility index (Phi) is 3.05. The van der Waals surface area contributed by atoms with Crippen LogP contribution in [0.15, 0.2) is 41.1 Å². The normalized spacial score (nSPS) is 10.1. The van der Waals surface area contributed by atoms with E-state index in [1.807, 2.05) is 0 Å². The molecule has 0 radical (unpaired) electrons. The van der Waals surface area contributed by atoms with E-state index in [1.165, 1.54) is 30.6 Å². The van der Waals surface area contributed by atoms with Crippen LogP contribution in [0.3, 0.4) is 0 Å². The Morgan fingerprint density at radius 1 is 1.25 bits per heavy atom. The van der Waals surface area contributed by atoms with Crippen LogP contribution in [0, 0.1) is 5.82 Å². The minimum Gasteiger partial charge on any atom is -0.285 e. The van der Waals surface area contributed by atoms with Crippen LogP contribution in [0.1, 0.15) is 16.2 Å². The van der Waals surface area contributed by atoms with Crippen molar-refractivity contribution < 1.29 is 9.18 Å². The molecule has 0 unspecified atom stereocenters. The molecule has 0 bridgehead atoms. The first-order chi connectivity index (χ1) is 7.68. The van der Waals surface area contributed by atoms with Gasteiger partial charge in [0.05, 0.1) is 5.56 Å². The van der Waals surface area contributed by atoms with Crippen LogP contribution in [-0.2, 0) is 0 Å².